The number of hydrogen-bond acceptors (Lipinski definition) is 27. The maximum Gasteiger partial charge on any atom is 0.522 e. The summed E-state index contributed by atoms with van der Waals surface area (Å²) >= 11 is 10.5. The molecule has 31 nitrogen and oxygen atoms in total. The number of halogens is 6. The molecule has 3 aromatic heterocycles. The summed E-state index contributed by atoms with van der Waals surface area (Å²) in [6, 6.07) is 43.8. The monoisotopic (exact) mass is 2070 g/mol. The first-order valence-electron chi connectivity index (χ1n) is 42.0. The van der Waals surface area contributed by atoms with Gasteiger partial charge in [-0.15, -0.1) is 0 Å². The summed E-state index contributed by atoms with van der Waals surface area (Å²) in [6.45, 7) is 31.7. The minimum absolute atomic E-state index is 0. The lowest BCUT2D eigenvalue weighted by molar-refractivity contribution is -0.0940. The van der Waals surface area contributed by atoms with Crippen molar-refractivity contribution in [2.75, 3.05) is 80.0 Å². The summed E-state index contributed by atoms with van der Waals surface area (Å²) < 4.78 is 123. The number of aromatic nitrogens is 3. The van der Waals surface area contributed by atoms with Gasteiger partial charge >= 0.3 is 53.3 Å². The Bertz CT molecular complexity index is 4800. The maximum atomic E-state index is 11.9. The maximum absolute atomic E-state index is 11.9. The van der Waals surface area contributed by atoms with Gasteiger partial charge in [0.05, 0.1) is 52.2 Å². The van der Waals surface area contributed by atoms with Gasteiger partial charge in [-0.1, -0.05) is 152 Å². The number of carbonyl (C=O) groups excluding carboxylic acids is 5. The summed E-state index contributed by atoms with van der Waals surface area (Å²) in [4.78, 5) is 69.6. The molecule has 39 heteroatoms. The van der Waals surface area contributed by atoms with E-state index in [1.54, 1.807) is 86.5 Å². The first kappa shape index (κ1) is 118. The number of alkyl carbamates (subject to hydrolysis) is 3. The van der Waals surface area contributed by atoms with Crippen LogP contribution < -0.4 is 32.9 Å². The summed E-state index contributed by atoms with van der Waals surface area (Å²) in [5.74, 6) is 0. The number of rotatable bonds is 15. The van der Waals surface area contributed by atoms with E-state index < -0.39 is 81.3 Å². The molecule has 734 valence electrons. The molecule has 0 saturated carbocycles. The number of fused-ring (bicyclic) bond motifs is 4. The van der Waals surface area contributed by atoms with Gasteiger partial charge in [0.2, 0.25) is 0 Å². The predicted octanol–water partition coefficient (Wildman–Crippen LogP) is 17.6. The molecule has 8 aromatic rings. The fraction of sp³-hybridized carbons (Fsp3) is 0.468. The van der Waals surface area contributed by atoms with Crippen LogP contribution in [0.25, 0.3) is 22.3 Å². The quantitative estimate of drug-likeness (QED) is 0.00875. The van der Waals surface area contributed by atoms with Crippen molar-refractivity contribution in [3.05, 3.63) is 234 Å². The molecule has 133 heavy (non-hydrogen) atoms. The second-order valence-electron chi connectivity index (χ2n) is 34.0. The van der Waals surface area contributed by atoms with E-state index in [2.05, 4.69) is 132 Å². The Kier molecular flexibility index (Phi) is 51.2. The lowest BCUT2D eigenvalue weighted by Crippen LogP contribution is -2.36. The lowest BCUT2D eigenvalue weighted by Gasteiger charge is -2.28. The van der Waals surface area contributed by atoms with Gasteiger partial charge in [0.25, 0.3) is 0 Å². The zero-order valence-electron chi connectivity index (χ0n) is 77.5. The number of ether oxygens (including phenoxy) is 12. The molecule has 0 saturated heterocycles. The van der Waals surface area contributed by atoms with Gasteiger partial charge in [-0.3, -0.25) is 19.5 Å². The van der Waals surface area contributed by atoms with Crippen LogP contribution in [0.2, 0.25) is 0 Å². The van der Waals surface area contributed by atoms with Gasteiger partial charge in [0, 0.05) is 101 Å². The van der Waals surface area contributed by atoms with E-state index in [9.17, 15) is 37.1 Å². The number of amides is 3. The minimum Gasteiger partial charge on any atom is -0.444 e. The average Bonchev–Trinajstić information content (AvgIpc) is 0.791. The Labute approximate surface area is 804 Å². The zero-order valence-corrected chi connectivity index (χ0v) is 83.0. The highest BCUT2D eigenvalue weighted by molar-refractivity contribution is 9.11. The van der Waals surface area contributed by atoms with Gasteiger partial charge < -0.3 is 99.4 Å². The fourth-order valence-corrected chi connectivity index (χ4v) is 13.9. The minimum atomic E-state index is -5.84. The molecule has 4 atom stereocenters. The van der Waals surface area contributed by atoms with Crippen LogP contribution in [0.1, 0.15) is 186 Å². The number of nitrogens with zero attached hydrogens (tertiary/aromatic N) is 3. The second-order valence-corrected chi connectivity index (χ2v) is 38.0. The molecule has 0 aliphatic carbocycles. The topological polar surface area (TPSA) is 438 Å². The third-order valence-corrected chi connectivity index (χ3v) is 20.6. The van der Waals surface area contributed by atoms with Crippen molar-refractivity contribution < 1.29 is 122 Å². The van der Waals surface area contributed by atoms with Crippen molar-refractivity contribution in [2.45, 2.75) is 208 Å². The first-order chi connectivity index (χ1) is 61.8. The van der Waals surface area contributed by atoms with E-state index in [0.717, 1.165) is 81.0 Å². The molecule has 3 unspecified atom stereocenters. The molecular weight excluding hydrogens is 1950 g/mol. The van der Waals surface area contributed by atoms with Crippen molar-refractivity contribution in [2.24, 2.45) is 11.5 Å². The Hall–Kier alpha value is -9.14. The third kappa shape index (κ3) is 45.8. The van der Waals surface area contributed by atoms with Gasteiger partial charge in [-0.25, -0.2) is 24.0 Å². The van der Waals surface area contributed by atoms with Crippen LogP contribution in [-0.2, 0) is 99.1 Å². The highest BCUT2D eigenvalue weighted by Crippen LogP contribution is 2.38. The average molecular weight is 2080 g/mol. The molecular formula is C94H129BBr3F3N8O23S. The van der Waals surface area contributed by atoms with Crippen LogP contribution in [0.15, 0.2) is 184 Å². The normalized spacial score (nSPS) is 15.2. The SMILES string of the molecule is C.CC(C)(C)OC(=O)NCC1OCCc2c(-c3cccnc3)cccc21.CC(C)(C)OC(=O)NCC1OCCc2c(Br)cccc21.CC(C)(C)OC(=O)NC[C@@H]1OCCc2c(-c3cccnc3)cccc21.CC(C)(C)OC(=O)OC(=O)OC(C)(C)C.COC(CN)OC.NCC1OCCc2c(Br)cccc21.O=S(=O)(O)C(F)(F)F.OB(O)c1cccnc1.OCCc1ccccc1Br. The molecule has 5 aromatic carbocycles. The van der Waals surface area contributed by atoms with Crippen LogP contribution >= 0.6 is 47.8 Å². The van der Waals surface area contributed by atoms with Crippen molar-refractivity contribution in [1.82, 2.24) is 30.9 Å². The van der Waals surface area contributed by atoms with Gasteiger partial charge in [0.1, 0.15) is 46.3 Å². The number of aliphatic hydroxyl groups is 1. The van der Waals surface area contributed by atoms with E-state index in [-0.39, 0.29) is 44.7 Å². The molecule has 0 bridgehead atoms. The van der Waals surface area contributed by atoms with Crippen LogP contribution in [0.4, 0.5) is 37.1 Å². The molecule has 11 N–H and O–H groups in total. The summed E-state index contributed by atoms with van der Waals surface area (Å²) in [5, 5.41) is 34.1. The number of carbonyl (C=O) groups is 5. The van der Waals surface area contributed by atoms with Gasteiger partial charge in [-0.2, -0.15) is 21.6 Å². The predicted molar refractivity (Wildman–Crippen MR) is 513 cm³/mol. The van der Waals surface area contributed by atoms with Crippen LogP contribution in [0.5, 0.6) is 0 Å². The van der Waals surface area contributed by atoms with Gasteiger partial charge in [-0.05, 0) is 234 Å². The number of hydrogen-bond donors (Lipinski definition) is 9. The number of methoxy groups -OCH3 is 2. The number of aliphatic hydroxyl groups excluding tert-OH is 1. The first-order valence-corrected chi connectivity index (χ1v) is 45.8. The number of nitrogens with two attached hydrogens (primary N) is 2. The highest BCUT2D eigenvalue weighted by atomic mass is 79.9. The van der Waals surface area contributed by atoms with Crippen LogP contribution in [-0.4, -0.2) is 201 Å². The van der Waals surface area contributed by atoms with E-state index in [1.807, 2.05) is 148 Å². The number of benzene rings is 5. The molecule has 0 spiro atoms. The molecule has 4 aliphatic heterocycles. The summed E-state index contributed by atoms with van der Waals surface area (Å²) in [6.07, 6.45) is 10.6. The highest BCUT2D eigenvalue weighted by Gasteiger charge is 2.44. The second kappa shape index (κ2) is 57.7. The molecule has 7 heterocycles. The van der Waals surface area contributed by atoms with Crippen molar-refractivity contribution in [3.8, 4) is 22.3 Å². The Morgan fingerprint density at radius 3 is 1.08 bits per heavy atom. The number of pyridine rings is 3. The number of nitrogens with one attached hydrogen (secondary N) is 3. The summed E-state index contributed by atoms with van der Waals surface area (Å²) in [7, 11) is -4.13. The Morgan fingerprint density at radius 1 is 0.474 bits per heavy atom. The molecule has 4 aliphatic rings. The number of alkyl halides is 3. The molecule has 0 fully saturated rings. The fourth-order valence-electron chi connectivity index (χ4n) is 12.2. The zero-order chi connectivity index (χ0) is 98.8. The van der Waals surface area contributed by atoms with Gasteiger partial charge in [0.15, 0.2) is 6.29 Å². The van der Waals surface area contributed by atoms with E-state index in [0.29, 0.717) is 58.0 Å². The smallest absolute Gasteiger partial charge is 0.444 e. The van der Waals surface area contributed by atoms with Crippen molar-refractivity contribution in [1.29, 1.82) is 0 Å². The Morgan fingerprint density at radius 2 is 0.797 bits per heavy atom. The van der Waals surface area contributed by atoms with E-state index in [4.69, 9.17) is 91.7 Å². The van der Waals surface area contributed by atoms with E-state index in [1.165, 1.54) is 49.6 Å². The van der Waals surface area contributed by atoms with E-state index >= 15 is 0 Å². The largest absolute Gasteiger partial charge is 0.522 e. The van der Waals surface area contributed by atoms with Crippen molar-refractivity contribution in [3.63, 3.8) is 0 Å². The summed E-state index contributed by atoms with van der Waals surface area (Å²) in [5.41, 5.74) is 18.2. The molecule has 12 rings (SSSR count). The Balaban J connectivity index is 0.000000398. The van der Waals surface area contributed by atoms with Crippen LogP contribution in [0, 0.1) is 0 Å². The van der Waals surface area contributed by atoms with Crippen molar-refractivity contribution >= 4 is 101 Å². The molecule has 3 amide bonds. The third-order valence-electron chi connectivity index (χ3n) is 17.7. The standard InChI is InChI=1S/2C20H24N2O3.C15H20BrNO3.C10H12BrNO.C10H18O5.C8H9BrO.C5H6BNO2.C4H11NO2.CHF3O3S.CH4/c2*1-20(2,3)25-19(23)22-13-18-17-8-4-7-15(16(17)9-11-24-18)14-6-5-10-21-12-14;1-15(2,3)20-14(18)17-9-13-11-5-4-6-12(16)10(11)7-8-19-13;11-9-3-1-2-8-7(9)4-5-13-10(8)6-12;1-9(2,3)14-7(11)13-8(12)15-10(4,5)6;9-8-4-2-1-3-7(8)5-6-10;8-6(9)5-2-1-3-7-4-5;1-6-4(3-5)7-2;2-1(3,4)8(5,6)7;/h2*4-8,10,12,18H,9,11,13H2,1-3H3,(H,22,23);4-6,13H,7-9H2,1-3H3,(H,17,18);1-3,10H,4-6,12H2;1-6H3;1-4,10H,5-6H2;1-4,8-9H;4H,3,5H2,1-2H3;(H,5,6,7);1H4/t18-;;;;;;;;;/m0........./s1. The van der Waals surface area contributed by atoms with Crippen LogP contribution in [0.3, 0.4) is 0 Å². The lowest BCUT2D eigenvalue weighted by atomic mass is 9.82. The molecule has 0 radical (unpaired) electrons.